The molecule has 0 aromatic heterocycles. The van der Waals surface area contributed by atoms with Crippen LogP contribution < -0.4 is 5.32 Å². The number of nitrogens with one attached hydrogen (secondary N) is 1. The molecule has 2 saturated heterocycles. The number of carbonyl (C=O) groups excluding carboxylic acids is 2. The highest BCUT2D eigenvalue weighted by atomic mass is 16.5. The van der Waals surface area contributed by atoms with Crippen LogP contribution in [0.25, 0.3) is 0 Å². The molecule has 1 N–H and O–H groups in total. The average Bonchev–Trinajstić information content (AvgIpc) is 3.12. The van der Waals surface area contributed by atoms with Gasteiger partial charge in [0.05, 0.1) is 25.0 Å². The predicted molar refractivity (Wildman–Crippen MR) is 110 cm³/mol. The first-order valence-corrected chi connectivity index (χ1v) is 10.6. The zero-order chi connectivity index (χ0) is 20.4. The van der Waals surface area contributed by atoms with E-state index in [9.17, 15) is 9.59 Å². The minimum atomic E-state index is -0.149. The number of ether oxygens (including phenoxy) is 1. The van der Waals surface area contributed by atoms with E-state index in [1.807, 2.05) is 16.8 Å². The van der Waals surface area contributed by atoms with Crippen LogP contribution in [0.15, 0.2) is 18.2 Å². The molecular weight excluding hydrogens is 368 g/mol. The van der Waals surface area contributed by atoms with Gasteiger partial charge in [0, 0.05) is 52.9 Å². The van der Waals surface area contributed by atoms with E-state index in [-0.39, 0.29) is 23.7 Å². The van der Waals surface area contributed by atoms with Crippen molar-refractivity contribution in [2.45, 2.75) is 26.1 Å². The van der Waals surface area contributed by atoms with Gasteiger partial charge in [-0.15, -0.1) is 0 Å². The molecule has 7 nitrogen and oxygen atoms in total. The van der Waals surface area contributed by atoms with Crippen molar-refractivity contribution >= 4 is 11.8 Å². The summed E-state index contributed by atoms with van der Waals surface area (Å²) in [7, 11) is 4.00. The normalized spacial score (nSPS) is 25.0. The maximum absolute atomic E-state index is 13.1. The van der Waals surface area contributed by atoms with Crippen LogP contribution in [-0.2, 0) is 34.0 Å². The van der Waals surface area contributed by atoms with E-state index in [1.165, 1.54) is 16.7 Å². The number of benzene rings is 1. The number of rotatable bonds is 4. The summed E-state index contributed by atoms with van der Waals surface area (Å²) in [5.41, 5.74) is 3.91. The lowest BCUT2D eigenvalue weighted by Crippen LogP contribution is -2.51. The number of fused-ring (bicyclic) bond motifs is 1. The lowest BCUT2D eigenvalue weighted by molar-refractivity contribution is -0.143. The molecule has 158 valence electrons. The number of morpholine rings is 1. The number of nitrogens with zero attached hydrogens (tertiary/aromatic N) is 3. The van der Waals surface area contributed by atoms with Gasteiger partial charge in [-0.3, -0.25) is 14.5 Å². The zero-order valence-electron chi connectivity index (χ0n) is 17.5. The highest BCUT2D eigenvalue weighted by molar-refractivity contribution is 5.83. The van der Waals surface area contributed by atoms with Crippen LogP contribution in [0.5, 0.6) is 0 Å². The average molecular weight is 401 g/mol. The van der Waals surface area contributed by atoms with Crippen LogP contribution in [0.4, 0.5) is 0 Å². The summed E-state index contributed by atoms with van der Waals surface area (Å²) >= 11 is 0. The molecule has 0 saturated carbocycles. The Morgan fingerprint density at radius 2 is 1.86 bits per heavy atom. The molecular formula is C22H32N4O3. The first-order chi connectivity index (χ1) is 14.0. The third-order valence-electron chi connectivity index (χ3n) is 6.32. The summed E-state index contributed by atoms with van der Waals surface area (Å²) in [5.74, 6) is 0.00215. The third kappa shape index (κ3) is 4.63. The Morgan fingerprint density at radius 3 is 2.66 bits per heavy atom. The topological polar surface area (TPSA) is 65.1 Å². The van der Waals surface area contributed by atoms with Gasteiger partial charge in [-0.25, -0.2) is 0 Å². The van der Waals surface area contributed by atoms with Gasteiger partial charge in [-0.05, 0) is 30.2 Å². The zero-order valence-corrected chi connectivity index (χ0v) is 17.5. The first kappa shape index (κ1) is 20.3. The van der Waals surface area contributed by atoms with E-state index in [0.717, 1.165) is 13.1 Å². The SMILES string of the molecule is CN1Cc2ccc(CN(C)C(=O)[C@@H]3CNC[C@H](C(=O)N4CCOCC4)C3)cc2C1. The highest BCUT2D eigenvalue weighted by Crippen LogP contribution is 2.24. The quantitative estimate of drug-likeness (QED) is 0.805. The van der Waals surface area contributed by atoms with Gasteiger partial charge in [0.15, 0.2) is 0 Å². The molecule has 29 heavy (non-hydrogen) atoms. The minimum absolute atomic E-state index is 0.120. The number of carbonyl (C=O) groups is 2. The molecule has 3 aliphatic heterocycles. The summed E-state index contributed by atoms with van der Waals surface area (Å²) in [6, 6.07) is 6.55. The fraction of sp³-hybridized carbons (Fsp3) is 0.636. The molecule has 7 heteroatoms. The highest BCUT2D eigenvalue weighted by Gasteiger charge is 2.34. The van der Waals surface area contributed by atoms with Crippen molar-refractivity contribution in [2.24, 2.45) is 11.8 Å². The van der Waals surface area contributed by atoms with Gasteiger partial charge in [0.1, 0.15) is 0 Å². The van der Waals surface area contributed by atoms with Gasteiger partial charge in [0.2, 0.25) is 11.8 Å². The monoisotopic (exact) mass is 400 g/mol. The fourth-order valence-electron chi connectivity index (χ4n) is 4.74. The van der Waals surface area contributed by atoms with Crippen LogP contribution in [-0.4, -0.2) is 80.0 Å². The Balaban J connectivity index is 1.34. The molecule has 1 aromatic carbocycles. The van der Waals surface area contributed by atoms with E-state index < -0.39 is 0 Å². The van der Waals surface area contributed by atoms with Crippen LogP contribution >= 0.6 is 0 Å². The molecule has 4 rings (SSSR count). The minimum Gasteiger partial charge on any atom is -0.378 e. The largest absolute Gasteiger partial charge is 0.378 e. The number of hydrogen-bond acceptors (Lipinski definition) is 5. The third-order valence-corrected chi connectivity index (χ3v) is 6.32. The summed E-state index contributed by atoms with van der Waals surface area (Å²) < 4.78 is 5.35. The smallest absolute Gasteiger partial charge is 0.227 e. The number of amides is 2. The fourth-order valence-corrected chi connectivity index (χ4v) is 4.74. The molecule has 0 radical (unpaired) electrons. The van der Waals surface area contributed by atoms with Crippen molar-refractivity contribution in [2.75, 3.05) is 53.5 Å². The van der Waals surface area contributed by atoms with Crippen molar-refractivity contribution in [3.05, 3.63) is 34.9 Å². The Kier molecular flexibility index (Phi) is 6.18. The molecule has 2 amide bonds. The number of hydrogen-bond donors (Lipinski definition) is 1. The van der Waals surface area contributed by atoms with Crippen molar-refractivity contribution < 1.29 is 14.3 Å². The Hall–Kier alpha value is -1.96. The Labute approximate surface area is 173 Å². The summed E-state index contributed by atoms with van der Waals surface area (Å²) in [5, 5.41) is 3.31. The Bertz CT molecular complexity index is 762. The van der Waals surface area contributed by atoms with E-state index in [4.69, 9.17) is 4.74 Å². The van der Waals surface area contributed by atoms with E-state index >= 15 is 0 Å². The second kappa shape index (κ2) is 8.81. The standard InChI is InChI=1S/C22H32N4O3/c1-24-14-17-4-3-16(9-20(17)15-24)13-25(2)21(27)18-10-19(12-23-11-18)22(28)26-5-7-29-8-6-26/h3-4,9,18-19,23H,5-8,10-15H2,1-2H3/t18-,19+/m0/s1. The molecule has 0 unspecified atom stereocenters. The molecule has 3 aliphatic rings. The Morgan fingerprint density at radius 1 is 1.14 bits per heavy atom. The van der Waals surface area contributed by atoms with Crippen molar-refractivity contribution in [3.8, 4) is 0 Å². The van der Waals surface area contributed by atoms with Gasteiger partial charge >= 0.3 is 0 Å². The molecule has 2 atom stereocenters. The predicted octanol–water partition coefficient (Wildman–Crippen LogP) is 0.675. The maximum Gasteiger partial charge on any atom is 0.227 e. The van der Waals surface area contributed by atoms with Gasteiger partial charge < -0.3 is 19.9 Å². The van der Waals surface area contributed by atoms with Gasteiger partial charge in [-0.1, -0.05) is 18.2 Å². The lowest BCUT2D eigenvalue weighted by atomic mass is 9.88. The first-order valence-electron chi connectivity index (χ1n) is 10.6. The molecule has 0 aliphatic carbocycles. The van der Waals surface area contributed by atoms with E-state index in [2.05, 4.69) is 35.5 Å². The van der Waals surface area contributed by atoms with Crippen LogP contribution in [0.3, 0.4) is 0 Å². The molecule has 2 fully saturated rings. The summed E-state index contributed by atoms with van der Waals surface area (Å²) in [4.78, 5) is 31.9. The van der Waals surface area contributed by atoms with E-state index in [0.29, 0.717) is 52.4 Å². The van der Waals surface area contributed by atoms with Crippen LogP contribution in [0, 0.1) is 11.8 Å². The molecule has 0 spiro atoms. The van der Waals surface area contributed by atoms with E-state index in [1.54, 1.807) is 0 Å². The second-order valence-electron chi connectivity index (χ2n) is 8.70. The van der Waals surface area contributed by atoms with Crippen molar-refractivity contribution in [3.63, 3.8) is 0 Å². The van der Waals surface area contributed by atoms with Crippen molar-refractivity contribution in [1.82, 2.24) is 20.0 Å². The molecule has 3 heterocycles. The summed E-state index contributed by atoms with van der Waals surface area (Å²) in [6.45, 7) is 6.39. The van der Waals surface area contributed by atoms with Crippen molar-refractivity contribution in [1.29, 1.82) is 0 Å². The molecule has 1 aromatic rings. The second-order valence-corrected chi connectivity index (χ2v) is 8.70. The van der Waals surface area contributed by atoms with Gasteiger partial charge in [-0.2, -0.15) is 0 Å². The summed E-state index contributed by atoms with van der Waals surface area (Å²) in [6.07, 6.45) is 0.626. The lowest BCUT2D eigenvalue weighted by Gasteiger charge is -2.35. The van der Waals surface area contributed by atoms with Crippen LogP contribution in [0.1, 0.15) is 23.1 Å². The van der Waals surface area contributed by atoms with Gasteiger partial charge in [0.25, 0.3) is 0 Å². The van der Waals surface area contributed by atoms with Crippen LogP contribution in [0.2, 0.25) is 0 Å². The number of piperidine rings is 1. The maximum atomic E-state index is 13.1. The molecule has 0 bridgehead atoms.